The Bertz CT molecular complexity index is 1160. The van der Waals surface area contributed by atoms with E-state index in [1.165, 1.54) is 0 Å². The Morgan fingerprint density at radius 1 is 0.882 bits per heavy atom. The first-order chi connectivity index (χ1) is 16.5. The molecule has 174 valence electrons. The Balaban J connectivity index is 1.35. The summed E-state index contributed by atoms with van der Waals surface area (Å²) in [6, 6.07) is 25.9. The van der Waals surface area contributed by atoms with E-state index in [9.17, 15) is 14.7 Å². The Labute approximate surface area is 198 Å². The van der Waals surface area contributed by atoms with Gasteiger partial charge >= 0.3 is 5.97 Å². The molecule has 4 rings (SSSR count). The lowest BCUT2D eigenvalue weighted by molar-refractivity contribution is -0.141. The Hall–Kier alpha value is -3.90. The van der Waals surface area contributed by atoms with Crippen molar-refractivity contribution in [3.63, 3.8) is 0 Å². The summed E-state index contributed by atoms with van der Waals surface area (Å²) < 4.78 is 11.0. The molecular weight excluding hydrogens is 430 g/mol. The maximum atomic E-state index is 12.7. The van der Waals surface area contributed by atoms with Gasteiger partial charge in [0, 0.05) is 0 Å². The molecule has 6 nitrogen and oxygen atoms in total. The third-order valence-electron chi connectivity index (χ3n) is 5.76. The lowest BCUT2D eigenvalue weighted by Gasteiger charge is -2.13. The van der Waals surface area contributed by atoms with Crippen LogP contribution in [0.15, 0.2) is 96.3 Å². The van der Waals surface area contributed by atoms with E-state index < -0.39 is 29.7 Å². The van der Waals surface area contributed by atoms with Gasteiger partial charge in [0.05, 0.1) is 6.04 Å². The van der Waals surface area contributed by atoms with Gasteiger partial charge in [0.1, 0.15) is 23.7 Å². The van der Waals surface area contributed by atoms with Crippen LogP contribution in [0.5, 0.6) is 5.75 Å². The molecule has 0 spiro atoms. The standard InChI is InChI=1S/C28H27NO5/c29-23(17-20-11-14-22(15-12-20)33-18-21-9-5-2-6-10-21)26(30)25-27(31)24(34-28(25)32)16-13-19-7-3-1-4-8-19/h1-12,14-15,23-24,30H,13,16-18,29H2/t23-,24+/m1/s1. The summed E-state index contributed by atoms with van der Waals surface area (Å²) in [5, 5.41) is 10.6. The third-order valence-corrected chi connectivity index (χ3v) is 5.76. The van der Waals surface area contributed by atoms with E-state index in [4.69, 9.17) is 15.2 Å². The van der Waals surface area contributed by atoms with E-state index in [0.717, 1.165) is 16.7 Å². The number of ether oxygens (including phenoxy) is 2. The first-order valence-electron chi connectivity index (χ1n) is 11.2. The van der Waals surface area contributed by atoms with E-state index >= 15 is 0 Å². The molecule has 0 bridgehead atoms. The molecule has 0 aliphatic carbocycles. The third kappa shape index (κ3) is 5.71. The number of aliphatic hydroxyl groups is 1. The number of nitrogens with two attached hydrogens (primary N) is 1. The molecule has 0 saturated carbocycles. The fraction of sp³-hybridized carbons (Fsp3) is 0.214. The van der Waals surface area contributed by atoms with Gasteiger partial charge in [-0.2, -0.15) is 0 Å². The number of aryl methyl sites for hydroxylation is 1. The summed E-state index contributed by atoms with van der Waals surface area (Å²) >= 11 is 0. The Morgan fingerprint density at radius 2 is 1.50 bits per heavy atom. The predicted molar refractivity (Wildman–Crippen MR) is 128 cm³/mol. The van der Waals surface area contributed by atoms with Crippen molar-refractivity contribution in [3.05, 3.63) is 113 Å². The zero-order chi connectivity index (χ0) is 23.9. The van der Waals surface area contributed by atoms with Crippen molar-refractivity contribution >= 4 is 11.8 Å². The van der Waals surface area contributed by atoms with Gasteiger partial charge in [0.2, 0.25) is 5.78 Å². The van der Waals surface area contributed by atoms with Gasteiger partial charge in [-0.05, 0) is 48.1 Å². The zero-order valence-corrected chi connectivity index (χ0v) is 18.7. The number of carbonyl (C=O) groups is 2. The fourth-order valence-corrected chi connectivity index (χ4v) is 3.87. The van der Waals surface area contributed by atoms with Crippen molar-refractivity contribution in [2.75, 3.05) is 0 Å². The predicted octanol–water partition coefficient (Wildman–Crippen LogP) is 4.07. The SMILES string of the molecule is N[C@H](Cc1ccc(OCc2ccccc2)cc1)C(O)=C1C(=O)O[C@@H](CCc2ccccc2)C1=O. The van der Waals surface area contributed by atoms with Crippen molar-refractivity contribution in [3.8, 4) is 5.75 Å². The molecule has 0 unspecified atom stereocenters. The highest BCUT2D eigenvalue weighted by atomic mass is 16.6. The first kappa shape index (κ1) is 23.3. The van der Waals surface area contributed by atoms with Crippen molar-refractivity contribution in [1.29, 1.82) is 0 Å². The molecule has 1 heterocycles. The van der Waals surface area contributed by atoms with Crippen molar-refractivity contribution in [2.24, 2.45) is 5.73 Å². The number of rotatable bonds is 9. The smallest absolute Gasteiger partial charge is 0.346 e. The second-order valence-corrected chi connectivity index (χ2v) is 8.27. The van der Waals surface area contributed by atoms with Crippen LogP contribution < -0.4 is 10.5 Å². The minimum Gasteiger partial charge on any atom is -0.510 e. The number of aliphatic hydroxyl groups excluding tert-OH is 1. The van der Waals surface area contributed by atoms with Crippen molar-refractivity contribution < 1.29 is 24.2 Å². The quantitative estimate of drug-likeness (QED) is 0.217. The van der Waals surface area contributed by atoms with Crippen LogP contribution in [0.4, 0.5) is 0 Å². The van der Waals surface area contributed by atoms with Crippen LogP contribution in [0.25, 0.3) is 0 Å². The number of cyclic esters (lactones) is 1. The molecule has 6 heteroatoms. The van der Waals surface area contributed by atoms with E-state index in [1.54, 1.807) is 0 Å². The molecule has 3 N–H and O–H groups in total. The summed E-state index contributed by atoms with van der Waals surface area (Å²) in [5.41, 5.74) is 8.75. The monoisotopic (exact) mass is 457 g/mol. The van der Waals surface area contributed by atoms with E-state index in [1.807, 2.05) is 84.9 Å². The van der Waals surface area contributed by atoms with Gasteiger partial charge in [-0.15, -0.1) is 0 Å². The minimum atomic E-state index is -0.907. The molecule has 1 saturated heterocycles. The van der Waals surface area contributed by atoms with Crippen LogP contribution in [0, 0.1) is 0 Å². The van der Waals surface area contributed by atoms with Crippen LogP contribution in [-0.2, 0) is 33.8 Å². The molecule has 2 atom stereocenters. The van der Waals surface area contributed by atoms with Gasteiger partial charge in [-0.25, -0.2) is 4.79 Å². The minimum absolute atomic E-state index is 0.254. The van der Waals surface area contributed by atoms with E-state index in [0.29, 0.717) is 25.2 Å². The molecule has 34 heavy (non-hydrogen) atoms. The highest BCUT2D eigenvalue weighted by molar-refractivity contribution is 6.23. The second-order valence-electron chi connectivity index (χ2n) is 8.27. The molecule has 0 radical (unpaired) electrons. The highest BCUT2D eigenvalue weighted by Crippen LogP contribution is 2.25. The highest BCUT2D eigenvalue weighted by Gasteiger charge is 2.41. The van der Waals surface area contributed by atoms with Crippen LogP contribution in [0.1, 0.15) is 23.1 Å². The molecule has 0 aromatic heterocycles. The zero-order valence-electron chi connectivity index (χ0n) is 18.7. The summed E-state index contributed by atoms with van der Waals surface area (Å²) in [5.74, 6) is -1.06. The Kier molecular flexibility index (Phi) is 7.40. The number of benzene rings is 3. The van der Waals surface area contributed by atoms with E-state index in [2.05, 4.69) is 0 Å². The lowest BCUT2D eigenvalue weighted by atomic mass is 9.98. The van der Waals surface area contributed by atoms with Gasteiger partial charge < -0.3 is 20.3 Å². The second kappa shape index (κ2) is 10.8. The maximum Gasteiger partial charge on any atom is 0.346 e. The number of ketones is 1. The molecular formula is C28H27NO5. The number of hydrogen-bond donors (Lipinski definition) is 2. The number of carbonyl (C=O) groups excluding carboxylic acids is 2. The molecule has 1 fully saturated rings. The average molecular weight is 458 g/mol. The number of esters is 1. The van der Waals surface area contributed by atoms with Gasteiger partial charge in [-0.3, -0.25) is 4.79 Å². The van der Waals surface area contributed by atoms with E-state index in [-0.39, 0.29) is 12.0 Å². The number of hydrogen-bond acceptors (Lipinski definition) is 6. The molecule has 1 aliphatic rings. The van der Waals surface area contributed by atoms with Gasteiger partial charge in [0.15, 0.2) is 6.10 Å². The molecule has 3 aromatic carbocycles. The van der Waals surface area contributed by atoms with Crippen LogP contribution >= 0.6 is 0 Å². The summed E-state index contributed by atoms with van der Waals surface area (Å²) in [6.07, 6.45) is 0.288. The van der Waals surface area contributed by atoms with Crippen LogP contribution in [-0.4, -0.2) is 29.0 Å². The topological polar surface area (TPSA) is 98.9 Å². The lowest BCUT2D eigenvalue weighted by Crippen LogP contribution is -2.29. The summed E-state index contributed by atoms with van der Waals surface area (Å²) in [6.45, 7) is 0.461. The maximum absolute atomic E-state index is 12.7. The first-order valence-corrected chi connectivity index (χ1v) is 11.2. The number of Topliss-reactive ketones (excluding diaryl/α,β-unsaturated/α-hetero) is 1. The Morgan fingerprint density at radius 3 is 2.15 bits per heavy atom. The molecule has 0 amide bonds. The summed E-state index contributed by atoms with van der Waals surface area (Å²) in [7, 11) is 0. The average Bonchev–Trinajstić information content (AvgIpc) is 3.15. The van der Waals surface area contributed by atoms with Crippen LogP contribution in [0.3, 0.4) is 0 Å². The van der Waals surface area contributed by atoms with Crippen molar-refractivity contribution in [1.82, 2.24) is 0 Å². The van der Waals surface area contributed by atoms with Crippen molar-refractivity contribution in [2.45, 2.75) is 38.0 Å². The molecule has 1 aliphatic heterocycles. The largest absolute Gasteiger partial charge is 0.510 e. The normalized spacial score (nSPS) is 17.9. The van der Waals surface area contributed by atoms with Gasteiger partial charge in [-0.1, -0.05) is 72.8 Å². The molecule has 3 aromatic rings. The summed E-state index contributed by atoms with van der Waals surface area (Å²) in [4.78, 5) is 25.0. The van der Waals surface area contributed by atoms with Gasteiger partial charge in [0.25, 0.3) is 0 Å². The fourth-order valence-electron chi connectivity index (χ4n) is 3.87. The van der Waals surface area contributed by atoms with Crippen LogP contribution in [0.2, 0.25) is 0 Å².